The number of hydrogen-bond donors (Lipinski definition) is 2. The second kappa shape index (κ2) is 5.28. The maximum absolute atomic E-state index is 13.6. The van der Waals surface area contributed by atoms with Gasteiger partial charge in [0.1, 0.15) is 5.82 Å². The van der Waals surface area contributed by atoms with E-state index < -0.39 is 11.7 Å². The Labute approximate surface area is 115 Å². The van der Waals surface area contributed by atoms with E-state index in [0.29, 0.717) is 10.7 Å². The molecule has 2 aromatic rings. The van der Waals surface area contributed by atoms with Crippen molar-refractivity contribution < 1.29 is 9.18 Å². The first-order chi connectivity index (χ1) is 8.99. The number of carbonyl (C=O) groups excluding carboxylic acids is 1. The molecule has 0 atom stereocenters. The van der Waals surface area contributed by atoms with Crippen molar-refractivity contribution in [2.45, 2.75) is 6.92 Å². The summed E-state index contributed by atoms with van der Waals surface area (Å²) in [7, 11) is 0. The molecule has 0 aromatic heterocycles. The van der Waals surface area contributed by atoms with Crippen molar-refractivity contribution in [3.8, 4) is 0 Å². The normalized spacial score (nSPS) is 10.3. The molecule has 0 aliphatic heterocycles. The number of halogens is 2. The molecule has 0 spiro atoms. The predicted octanol–water partition coefficient (Wildman–Crippen LogP) is 3.62. The molecule has 98 valence electrons. The molecule has 3 N–H and O–H groups in total. The average molecular weight is 279 g/mol. The van der Waals surface area contributed by atoms with E-state index in [9.17, 15) is 9.18 Å². The van der Waals surface area contributed by atoms with Gasteiger partial charge in [-0.3, -0.25) is 4.79 Å². The minimum Gasteiger partial charge on any atom is -0.399 e. The number of anilines is 2. The fourth-order valence-corrected chi connectivity index (χ4v) is 1.96. The van der Waals surface area contributed by atoms with Crippen molar-refractivity contribution in [1.82, 2.24) is 0 Å². The van der Waals surface area contributed by atoms with Crippen LogP contribution in [0, 0.1) is 12.7 Å². The summed E-state index contributed by atoms with van der Waals surface area (Å²) in [5, 5.41) is 3.01. The number of nitrogens with two attached hydrogens (primary N) is 1. The monoisotopic (exact) mass is 278 g/mol. The van der Waals surface area contributed by atoms with Crippen molar-refractivity contribution in [2.24, 2.45) is 0 Å². The Kier molecular flexibility index (Phi) is 3.71. The summed E-state index contributed by atoms with van der Waals surface area (Å²) in [5.41, 5.74) is 6.91. The fraction of sp³-hybridized carbons (Fsp3) is 0.0714. The van der Waals surface area contributed by atoms with Gasteiger partial charge in [-0.05, 0) is 36.8 Å². The smallest absolute Gasteiger partial charge is 0.258 e. The van der Waals surface area contributed by atoms with Crippen molar-refractivity contribution >= 4 is 28.9 Å². The van der Waals surface area contributed by atoms with Gasteiger partial charge in [0, 0.05) is 5.69 Å². The highest BCUT2D eigenvalue weighted by Gasteiger charge is 2.14. The van der Waals surface area contributed by atoms with Crippen LogP contribution in [0.1, 0.15) is 15.9 Å². The molecule has 0 saturated heterocycles. The minimum absolute atomic E-state index is 0.0754. The van der Waals surface area contributed by atoms with E-state index in [1.807, 2.05) is 0 Å². The molecule has 0 fully saturated rings. The lowest BCUT2D eigenvalue weighted by molar-refractivity contribution is 0.102. The zero-order chi connectivity index (χ0) is 14.0. The summed E-state index contributed by atoms with van der Waals surface area (Å²) in [4.78, 5) is 12.0. The molecule has 0 unspecified atom stereocenters. The predicted molar refractivity (Wildman–Crippen MR) is 75.0 cm³/mol. The van der Waals surface area contributed by atoms with Gasteiger partial charge in [-0.25, -0.2) is 4.39 Å². The van der Waals surface area contributed by atoms with Gasteiger partial charge in [0.05, 0.1) is 16.3 Å². The Bertz CT molecular complexity index is 623. The molecule has 19 heavy (non-hydrogen) atoms. The van der Waals surface area contributed by atoms with E-state index in [1.54, 1.807) is 25.1 Å². The number of aryl methyl sites for hydroxylation is 1. The first-order valence-electron chi connectivity index (χ1n) is 5.60. The maximum atomic E-state index is 13.6. The van der Waals surface area contributed by atoms with Gasteiger partial charge in [-0.1, -0.05) is 23.7 Å². The number of hydrogen-bond acceptors (Lipinski definition) is 2. The molecule has 0 saturated carbocycles. The Morgan fingerprint density at radius 2 is 2.05 bits per heavy atom. The third-order valence-electron chi connectivity index (χ3n) is 2.70. The lowest BCUT2D eigenvalue weighted by Gasteiger charge is -2.10. The minimum atomic E-state index is -0.665. The lowest BCUT2D eigenvalue weighted by Crippen LogP contribution is -2.15. The highest BCUT2D eigenvalue weighted by atomic mass is 35.5. The van der Waals surface area contributed by atoms with E-state index >= 15 is 0 Å². The Morgan fingerprint density at radius 3 is 2.68 bits per heavy atom. The summed E-state index contributed by atoms with van der Waals surface area (Å²) in [6, 6.07) is 9.15. The summed E-state index contributed by atoms with van der Waals surface area (Å²) < 4.78 is 13.6. The average Bonchev–Trinajstić information content (AvgIpc) is 2.33. The van der Waals surface area contributed by atoms with Crippen LogP contribution >= 0.6 is 11.6 Å². The van der Waals surface area contributed by atoms with Crippen LogP contribution in [0.15, 0.2) is 36.4 Å². The highest BCUT2D eigenvalue weighted by Crippen LogP contribution is 2.26. The number of nitrogen functional groups attached to an aromatic ring is 1. The molecule has 2 aromatic carbocycles. The van der Waals surface area contributed by atoms with E-state index in [4.69, 9.17) is 17.3 Å². The van der Waals surface area contributed by atoms with Gasteiger partial charge < -0.3 is 11.1 Å². The molecule has 5 heteroatoms. The van der Waals surface area contributed by atoms with Crippen molar-refractivity contribution in [2.75, 3.05) is 11.1 Å². The molecule has 0 heterocycles. The second-order valence-corrected chi connectivity index (χ2v) is 4.53. The van der Waals surface area contributed by atoms with Crippen LogP contribution in [-0.2, 0) is 0 Å². The topological polar surface area (TPSA) is 55.1 Å². The molecule has 2 rings (SSSR count). The summed E-state index contributed by atoms with van der Waals surface area (Å²) in [6.07, 6.45) is 0. The number of para-hydroxylation sites is 1. The molecule has 1 amide bonds. The van der Waals surface area contributed by atoms with E-state index in [1.165, 1.54) is 12.1 Å². The number of benzene rings is 2. The van der Waals surface area contributed by atoms with Crippen LogP contribution in [-0.4, -0.2) is 5.91 Å². The Hall–Kier alpha value is -2.07. The van der Waals surface area contributed by atoms with Crippen LogP contribution in [0.25, 0.3) is 0 Å². The Balaban J connectivity index is 2.31. The van der Waals surface area contributed by atoms with Gasteiger partial charge in [0.25, 0.3) is 5.91 Å². The summed E-state index contributed by atoms with van der Waals surface area (Å²) >= 11 is 6.00. The standard InChI is InChI=1S/C14H12ClFN2O/c1-8-3-2-4-11(15)13(8)18-14(19)10-6-5-9(17)7-12(10)16/h2-7H,17H2,1H3,(H,18,19). The quantitative estimate of drug-likeness (QED) is 0.824. The maximum Gasteiger partial charge on any atom is 0.258 e. The SMILES string of the molecule is Cc1cccc(Cl)c1NC(=O)c1ccc(N)cc1F. The van der Waals surface area contributed by atoms with E-state index in [-0.39, 0.29) is 11.3 Å². The summed E-state index contributed by atoms with van der Waals surface area (Å²) in [6.45, 7) is 1.81. The van der Waals surface area contributed by atoms with E-state index in [0.717, 1.165) is 11.6 Å². The van der Waals surface area contributed by atoms with Crippen molar-refractivity contribution in [1.29, 1.82) is 0 Å². The van der Waals surface area contributed by atoms with Crippen LogP contribution in [0.3, 0.4) is 0 Å². The number of amides is 1. The lowest BCUT2D eigenvalue weighted by atomic mass is 10.1. The molecular formula is C14H12ClFN2O. The molecular weight excluding hydrogens is 267 g/mol. The van der Waals surface area contributed by atoms with Crippen LogP contribution < -0.4 is 11.1 Å². The molecule has 3 nitrogen and oxygen atoms in total. The highest BCUT2D eigenvalue weighted by molar-refractivity contribution is 6.34. The number of nitrogens with one attached hydrogen (secondary N) is 1. The molecule has 0 aliphatic carbocycles. The van der Waals surface area contributed by atoms with E-state index in [2.05, 4.69) is 5.32 Å². The third-order valence-corrected chi connectivity index (χ3v) is 3.01. The number of rotatable bonds is 2. The largest absolute Gasteiger partial charge is 0.399 e. The number of carbonyl (C=O) groups is 1. The van der Waals surface area contributed by atoms with Gasteiger partial charge in [0.2, 0.25) is 0 Å². The fourth-order valence-electron chi connectivity index (χ4n) is 1.69. The van der Waals surface area contributed by atoms with Crippen molar-refractivity contribution in [3.05, 3.63) is 58.4 Å². The van der Waals surface area contributed by atoms with Crippen LogP contribution in [0.5, 0.6) is 0 Å². The molecule has 0 radical (unpaired) electrons. The van der Waals surface area contributed by atoms with Gasteiger partial charge in [-0.2, -0.15) is 0 Å². The third kappa shape index (κ3) is 2.85. The Morgan fingerprint density at radius 1 is 1.32 bits per heavy atom. The van der Waals surface area contributed by atoms with Crippen LogP contribution in [0.2, 0.25) is 5.02 Å². The van der Waals surface area contributed by atoms with Gasteiger partial charge in [0.15, 0.2) is 0 Å². The second-order valence-electron chi connectivity index (χ2n) is 4.13. The molecule has 0 aliphatic rings. The summed E-state index contributed by atoms with van der Waals surface area (Å²) in [5.74, 6) is -1.23. The van der Waals surface area contributed by atoms with Gasteiger partial charge in [-0.15, -0.1) is 0 Å². The van der Waals surface area contributed by atoms with Crippen LogP contribution in [0.4, 0.5) is 15.8 Å². The first-order valence-corrected chi connectivity index (χ1v) is 5.98. The first kappa shape index (κ1) is 13.4. The zero-order valence-corrected chi connectivity index (χ0v) is 11.0. The zero-order valence-electron chi connectivity index (χ0n) is 10.2. The van der Waals surface area contributed by atoms with Gasteiger partial charge >= 0.3 is 0 Å². The van der Waals surface area contributed by atoms with Crippen molar-refractivity contribution in [3.63, 3.8) is 0 Å². The molecule has 0 bridgehead atoms.